The highest BCUT2D eigenvalue weighted by Gasteiger charge is 2.23. The molecule has 0 saturated carbocycles. The van der Waals surface area contributed by atoms with Gasteiger partial charge in [-0.1, -0.05) is 38.5 Å². The van der Waals surface area contributed by atoms with E-state index in [4.69, 9.17) is 0 Å². The summed E-state index contributed by atoms with van der Waals surface area (Å²) < 4.78 is 26.1. The molecule has 1 aliphatic rings. The highest BCUT2D eigenvalue weighted by Crippen LogP contribution is 2.16. The standard InChI is InChI=1S/C13H27NO2S/c1-13(2)14-11-9-7-5-3-4-6-8-10-12-17(14,15)16/h13H,3-12H2,1-2H3. The molecule has 3 nitrogen and oxygen atoms in total. The molecule has 1 saturated heterocycles. The summed E-state index contributed by atoms with van der Waals surface area (Å²) in [5, 5.41) is 0. The zero-order chi connectivity index (χ0) is 12.7. The Hall–Kier alpha value is -0.0900. The summed E-state index contributed by atoms with van der Waals surface area (Å²) in [6.07, 6.45) is 9.10. The zero-order valence-corrected chi connectivity index (χ0v) is 12.1. The zero-order valence-electron chi connectivity index (χ0n) is 11.3. The molecule has 1 aliphatic heterocycles. The van der Waals surface area contributed by atoms with Crippen molar-refractivity contribution in [1.82, 2.24) is 4.31 Å². The summed E-state index contributed by atoms with van der Waals surface area (Å²) in [5.74, 6) is 0.338. The lowest BCUT2D eigenvalue weighted by Crippen LogP contribution is -2.39. The summed E-state index contributed by atoms with van der Waals surface area (Å²) in [7, 11) is -3.02. The van der Waals surface area contributed by atoms with Crippen molar-refractivity contribution in [2.75, 3.05) is 12.3 Å². The Morgan fingerprint density at radius 3 is 1.82 bits per heavy atom. The van der Waals surface area contributed by atoms with Crippen LogP contribution < -0.4 is 0 Å². The van der Waals surface area contributed by atoms with Gasteiger partial charge in [0.05, 0.1) is 5.75 Å². The van der Waals surface area contributed by atoms with Gasteiger partial charge in [-0.2, -0.15) is 4.31 Å². The minimum Gasteiger partial charge on any atom is -0.212 e. The van der Waals surface area contributed by atoms with Gasteiger partial charge in [0, 0.05) is 12.6 Å². The molecule has 0 aromatic carbocycles. The molecule has 0 radical (unpaired) electrons. The van der Waals surface area contributed by atoms with Crippen LogP contribution in [-0.4, -0.2) is 31.1 Å². The maximum absolute atomic E-state index is 12.2. The summed E-state index contributed by atoms with van der Waals surface area (Å²) in [6, 6.07) is 0.0999. The van der Waals surface area contributed by atoms with Gasteiger partial charge in [0.2, 0.25) is 10.0 Å². The van der Waals surface area contributed by atoms with E-state index in [0.29, 0.717) is 12.3 Å². The van der Waals surface area contributed by atoms with E-state index in [-0.39, 0.29) is 6.04 Å². The lowest BCUT2D eigenvalue weighted by atomic mass is 10.1. The molecule has 0 aromatic rings. The van der Waals surface area contributed by atoms with Crippen LogP contribution >= 0.6 is 0 Å². The molecule has 0 atom stereocenters. The van der Waals surface area contributed by atoms with Gasteiger partial charge in [-0.3, -0.25) is 0 Å². The molecule has 0 aliphatic carbocycles. The second-order valence-electron chi connectivity index (χ2n) is 5.35. The molecule has 4 heteroatoms. The van der Waals surface area contributed by atoms with Crippen LogP contribution in [0.25, 0.3) is 0 Å². The van der Waals surface area contributed by atoms with Crippen molar-refractivity contribution in [3.05, 3.63) is 0 Å². The van der Waals surface area contributed by atoms with Crippen LogP contribution in [0.2, 0.25) is 0 Å². The Kier molecular flexibility index (Phi) is 6.49. The van der Waals surface area contributed by atoms with Crippen LogP contribution in [0.1, 0.15) is 65.2 Å². The van der Waals surface area contributed by atoms with Crippen molar-refractivity contribution in [1.29, 1.82) is 0 Å². The van der Waals surface area contributed by atoms with E-state index < -0.39 is 10.0 Å². The largest absolute Gasteiger partial charge is 0.214 e. The first-order valence-corrected chi connectivity index (χ1v) is 8.64. The van der Waals surface area contributed by atoms with E-state index in [1.807, 2.05) is 13.8 Å². The molecule has 0 amide bonds. The molecule has 1 rings (SSSR count). The Morgan fingerprint density at radius 1 is 0.824 bits per heavy atom. The normalized spacial score (nSPS) is 25.1. The topological polar surface area (TPSA) is 37.4 Å². The average Bonchev–Trinajstić information content (AvgIpc) is 2.22. The first-order chi connectivity index (χ1) is 8.04. The first kappa shape index (κ1) is 15.0. The fourth-order valence-electron chi connectivity index (χ4n) is 2.45. The molecule has 1 fully saturated rings. The van der Waals surface area contributed by atoms with Crippen LogP contribution in [0.15, 0.2) is 0 Å². The maximum atomic E-state index is 12.2. The highest BCUT2D eigenvalue weighted by atomic mass is 32.2. The second kappa shape index (κ2) is 7.37. The van der Waals surface area contributed by atoms with Gasteiger partial charge in [-0.15, -0.1) is 0 Å². The molecule has 0 bridgehead atoms. The molecule has 17 heavy (non-hydrogen) atoms. The number of rotatable bonds is 1. The van der Waals surface area contributed by atoms with Gasteiger partial charge in [-0.25, -0.2) is 8.42 Å². The number of hydrogen-bond donors (Lipinski definition) is 0. The second-order valence-corrected chi connectivity index (χ2v) is 7.39. The van der Waals surface area contributed by atoms with E-state index in [0.717, 1.165) is 19.3 Å². The van der Waals surface area contributed by atoms with E-state index in [9.17, 15) is 8.42 Å². The van der Waals surface area contributed by atoms with Crippen molar-refractivity contribution in [3.8, 4) is 0 Å². The molecule has 0 unspecified atom stereocenters. The summed E-state index contributed by atoms with van der Waals surface area (Å²) in [6.45, 7) is 4.66. The first-order valence-electron chi connectivity index (χ1n) is 7.03. The highest BCUT2D eigenvalue weighted by molar-refractivity contribution is 7.89. The van der Waals surface area contributed by atoms with E-state index >= 15 is 0 Å². The van der Waals surface area contributed by atoms with Gasteiger partial charge >= 0.3 is 0 Å². The Morgan fingerprint density at radius 2 is 1.29 bits per heavy atom. The van der Waals surface area contributed by atoms with Gasteiger partial charge in [-0.05, 0) is 26.7 Å². The number of sulfonamides is 1. The van der Waals surface area contributed by atoms with Gasteiger partial charge in [0.1, 0.15) is 0 Å². The van der Waals surface area contributed by atoms with Crippen molar-refractivity contribution < 1.29 is 8.42 Å². The minimum atomic E-state index is -3.02. The van der Waals surface area contributed by atoms with Crippen LogP contribution in [0.4, 0.5) is 0 Å². The van der Waals surface area contributed by atoms with E-state index in [1.165, 1.54) is 32.1 Å². The third kappa shape index (κ3) is 5.38. The summed E-state index contributed by atoms with van der Waals surface area (Å²) >= 11 is 0. The quantitative estimate of drug-likeness (QED) is 0.727. The minimum absolute atomic E-state index is 0.0999. The fourth-order valence-corrected chi connectivity index (χ4v) is 4.30. The predicted octanol–water partition coefficient (Wildman–Crippen LogP) is 3.16. The Labute approximate surface area is 107 Å². The average molecular weight is 261 g/mol. The molecular weight excluding hydrogens is 234 g/mol. The van der Waals surface area contributed by atoms with Gasteiger partial charge < -0.3 is 0 Å². The molecular formula is C13H27NO2S. The van der Waals surface area contributed by atoms with E-state index in [2.05, 4.69) is 0 Å². The van der Waals surface area contributed by atoms with Crippen molar-refractivity contribution in [2.45, 2.75) is 71.3 Å². The number of hydrogen-bond acceptors (Lipinski definition) is 2. The van der Waals surface area contributed by atoms with Gasteiger partial charge in [0.15, 0.2) is 0 Å². The molecule has 0 spiro atoms. The van der Waals surface area contributed by atoms with Crippen LogP contribution in [0, 0.1) is 0 Å². The van der Waals surface area contributed by atoms with Gasteiger partial charge in [0.25, 0.3) is 0 Å². The third-order valence-corrected chi connectivity index (χ3v) is 5.59. The predicted molar refractivity (Wildman–Crippen MR) is 72.6 cm³/mol. The summed E-state index contributed by atoms with van der Waals surface area (Å²) in [5.41, 5.74) is 0. The lowest BCUT2D eigenvalue weighted by molar-refractivity contribution is 0.341. The SMILES string of the molecule is CC(C)N1CCCCCCCCCCS1(=O)=O. The van der Waals surface area contributed by atoms with Crippen LogP contribution in [-0.2, 0) is 10.0 Å². The maximum Gasteiger partial charge on any atom is 0.214 e. The summed E-state index contributed by atoms with van der Waals surface area (Å²) in [4.78, 5) is 0. The van der Waals surface area contributed by atoms with E-state index in [1.54, 1.807) is 4.31 Å². The molecule has 0 N–H and O–H groups in total. The Balaban J connectivity index is 2.63. The fraction of sp³-hybridized carbons (Fsp3) is 1.00. The Bertz CT molecular complexity index is 299. The van der Waals surface area contributed by atoms with Crippen molar-refractivity contribution >= 4 is 10.0 Å². The number of nitrogens with zero attached hydrogens (tertiary/aromatic N) is 1. The third-order valence-electron chi connectivity index (χ3n) is 3.46. The molecule has 102 valence electrons. The van der Waals surface area contributed by atoms with Crippen LogP contribution in [0.3, 0.4) is 0 Å². The monoisotopic (exact) mass is 261 g/mol. The van der Waals surface area contributed by atoms with Crippen molar-refractivity contribution in [2.24, 2.45) is 0 Å². The van der Waals surface area contributed by atoms with Crippen LogP contribution in [0.5, 0.6) is 0 Å². The molecule has 0 aromatic heterocycles. The lowest BCUT2D eigenvalue weighted by Gasteiger charge is -2.26. The molecule has 1 heterocycles. The smallest absolute Gasteiger partial charge is 0.212 e. The van der Waals surface area contributed by atoms with Crippen molar-refractivity contribution in [3.63, 3.8) is 0 Å².